The Labute approximate surface area is 68.7 Å². The first-order valence-electron chi connectivity index (χ1n) is 4.44. The van der Waals surface area contributed by atoms with Crippen molar-refractivity contribution in [1.82, 2.24) is 0 Å². The van der Waals surface area contributed by atoms with Crippen LogP contribution in [0.2, 0.25) is 5.82 Å². The first-order valence-corrected chi connectivity index (χ1v) is 4.44. The zero-order valence-electron chi connectivity index (χ0n) is 7.46. The molecule has 1 heterocycles. The Bertz CT molecular complexity index is 169. The molecule has 0 aromatic carbocycles. The number of hydrogen-bond donors (Lipinski definition) is 0. The second kappa shape index (κ2) is 2.24. The van der Waals surface area contributed by atoms with Gasteiger partial charge in [0.15, 0.2) is 5.79 Å². The molecular weight excluding hydrogens is 139 g/mol. The SMILES string of the molecule is BC1CCC2OC(C)(C)OC12. The maximum absolute atomic E-state index is 5.76. The quantitative estimate of drug-likeness (QED) is 0.478. The van der Waals surface area contributed by atoms with Crippen molar-refractivity contribution in [2.75, 3.05) is 0 Å². The minimum Gasteiger partial charge on any atom is -0.345 e. The van der Waals surface area contributed by atoms with E-state index in [1.807, 2.05) is 13.8 Å². The van der Waals surface area contributed by atoms with Gasteiger partial charge in [0, 0.05) is 0 Å². The molecule has 1 saturated carbocycles. The van der Waals surface area contributed by atoms with Crippen LogP contribution in [0.5, 0.6) is 0 Å². The fourth-order valence-electron chi connectivity index (χ4n) is 2.16. The van der Waals surface area contributed by atoms with Crippen molar-refractivity contribution in [3.63, 3.8) is 0 Å². The normalized spacial score (nSPS) is 47.6. The Morgan fingerprint density at radius 3 is 2.64 bits per heavy atom. The summed E-state index contributed by atoms with van der Waals surface area (Å²) in [6, 6.07) is 0. The van der Waals surface area contributed by atoms with E-state index in [0.29, 0.717) is 18.0 Å². The highest BCUT2D eigenvalue weighted by Crippen LogP contribution is 2.42. The molecule has 0 amide bonds. The van der Waals surface area contributed by atoms with Crippen molar-refractivity contribution in [2.45, 2.75) is 50.5 Å². The molecule has 62 valence electrons. The monoisotopic (exact) mass is 154 g/mol. The first-order chi connectivity index (χ1) is 5.08. The highest BCUT2D eigenvalue weighted by atomic mass is 16.8. The Hall–Kier alpha value is -0.0151. The third-order valence-electron chi connectivity index (χ3n) is 2.69. The van der Waals surface area contributed by atoms with E-state index in [1.54, 1.807) is 0 Å². The van der Waals surface area contributed by atoms with Crippen LogP contribution in [0.4, 0.5) is 0 Å². The summed E-state index contributed by atoms with van der Waals surface area (Å²) < 4.78 is 11.5. The molecule has 1 saturated heterocycles. The minimum atomic E-state index is -0.329. The average Bonchev–Trinajstić information content (AvgIpc) is 2.31. The van der Waals surface area contributed by atoms with Crippen molar-refractivity contribution in [2.24, 2.45) is 0 Å². The summed E-state index contributed by atoms with van der Waals surface area (Å²) in [6.07, 6.45) is 3.17. The number of hydrogen-bond acceptors (Lipinski definition) is 2. The van der Waals surface area contributed by atoms with Crippen LogP contribution in [0.3, 0.4) is 0 Å². The third-order valence-corrected chi connectivity index (χ3v) is 2.69. The van der Waals surface area contributed by atoms with Gasteiger partial charge in [-0.15, -0.1) is 0 Å². The van der Waals surface area contributed by atoms with Gasteiger partial charge in [-0.2, -0.15) is 0 Å². The molecule has 2 fully saturated rings. The van der Waals surface area contributed by atoms with Crippen molar-refractivity contribution in [1.29, 1.82) is 0 Å². The number of rotatable bonds is 0. The zero-order valence-corrected chi connectivity index (χ0v) is 7.46. The Morgan fingerprint density at radius 1 is 1.27 bits per heavy atom. The maximum atomic E-state index is 5.76. The van der Waals surface area contributed by atoms with Crippen LogP contribution in [0.15, 0.2) is 0 Å². The first kappa shape index (κ1) is 7.62. The molecule has 3 atom stereocenters. The lowest BCUT2D eigenvalue weighted by Gasteiger charge is -2.19. The number of ether oxygens (including phenoxy) is 2. The summed E-state index contributed by atoms with van der Waals surface area (Å²) >= 11 is 0. The van der Waals surface area contributed by atoms with Gasteiger partial charge in [0.2, 0.25) is 0 Å². The predicted octanol–water partition coefficient (Wildman–Crippen LogP) is 0.722. The van der Waals surface area contributed by atoms with Crippen LogP contribution in [0.1, 0.15) is 26.7 Å². The van der Waals surface area contributed by atoms with Crippen LogP contribution in [0.25, 0.3) is 0 Å². The van der Waals surface area contributed by atoms with E-state index < -0.39 is 0 Å². The van der Waals surface area contributed by atoms with Crippen LogP contribution in [-0.4, -0.2) is 25.8 Å². The summed E-state index contributed by atoms with van der Waals surface area (Å²) in [7, 11) is 2.25. The average molecular weight is 154 g/mol. The second-order valence-corrected chi connectivity index (χ2v) is 4.19. The summed E-state index contributed by atoms with van der Waals surface area (Å²) in [5.74, 6) is 0.353. The van der Waals surface area contributed by atoms with E-state index in [1.165, 1.54) is 12.8 Å². The molecule has 2 aliphatic rings. The molecule has 1 aliphatic heterocycles. The Morgan fingerprint density at radius 2 is 2.00 bits per heavy atom. The van der Waals surface area contributed by atoms with Gasteiger partial charge >= 0.3 is 0 Å². The Kier molecular flexibility index (Phi) is 1.55. The molecule has 2 nitrogen and oxygen atoms in total. The summed E-state index contributed by atoms with van der Waals surface area (Å²) in [4.78, 5) is 0. The largest absolute Gasteiger partial charge is 0.345 e. The molecule has 3 heteroatoms. The summed E-state index contributed by atoms with van der Waals surface area (Å²) in [6.45, 7) is 4.00. The summed E-state index contributed by atoms with van der Waals surface area (Å²) in [5.41, 5.74) is 0. The highest BCUT2D eigenvalue weighted by Gasteiger charge is 2.46. The van der Waals surface area contributed by atoms with Crippen LogP contribution >= 0.6 is 0 Å². The molecule has 2 rings (SSSR count). The molecule has 0 spiro atoms. The van der Waals surface area contributed by atoms with Crippen molar-refractivity contribution in [3.8, 4) is 0 Å². The van der Waals surface area contributed by atoms with Gasteiger partial charge in [-0.25, -0.2) is 0 Å². The van der Waals surface area contributed by atoms with Gasteiger partial charge < -0.3 is 9.47 Å². The van der Waals surface area contributed by atoms with Gasteiger partial charge in [-0.3, -0.25) is 0 Å². The van der Waals surface area contributed by atoms with Gasteiger partial charge in [0.05, 0.1) is 12.2 Å². The fourth-order valence-corrected chi connectivity index (χ4v) is 2.16. The minimum absolute atomic E-state index is 0.329. The van der Waals surface area contributed by atoms with Gasteiger partial charge in [-0.05, 0) is 26.1 Å². The molecule has 0 bridgehead atoms. The lowest BCUT2D eigenvalue weighted by molar-refractivity contribution is -0.150. The molecular formula is C8H15BO2. The number of fused-ring (bicyclic) bond motifs is 1. The van der Waals surface area contributed by atoms with Crippen LogP contribution in [-0.2, 0) is 9.47 Å². The van der Waals surface area contributed by atoms with E-state index in [0.717, 1.165) is 0 Å². The van der Waals surface area contributed by atoms with Crippen molar-refractivity contribution < 1.29 is 9.47 Å². The lowest BCUT2D eigenvalue weighted by Crippen LogP contribution is -2.23. The maximum Gasteiger partial charge on any atom is 0.163 e. The van der Waals surface area contributed by atoms with Gasteiger partial charge in [0.1, 0.15) is 7.85 Å². The summed E-state index contributed by atoms with van der Waals surface area (Å²) in [5, 5.41) is 0. The Balaban J connectivity index is 2.10. The molecule has 0 aromatic rings. The van der Waals surface area contributed by atoms with E-state index in [2.05, 4.69) is 7.85 Å². The smallest absolute Gasteiger partial charge is 0.163 e. The molecule has 0 aromatic heterocycles. The van der Waals surface area contributed by atoms with E-state index in [9.17, 15) is 0 Å². The van der Waals surface area contributed by atoms with Crippen LogP contribution in [0, 0.1) is 0 Å². The van der Waals surface area contributed by atoms with E-state index in [4.69, 9.17) is 9.47 Å². The lowest BCUT2D eigenvalue weighted by atomic mass is 9.84. The molecule has 3 unspecified atom stereocenters. The van der Waals surface area contributed by atoms with Crippen LogP contribution < -0.4 is 0 Å². The van der Waals surface area contributed by atoms with Gasteiger partial charge in [-0.1, -0.05) is 6.42 Å². The van der Waals surface area contributed by atoms with E-state index >= 15 is 0 Å². The molecule has 0 radical (unpaired) electrons. The molecule has 0 N–H and O–H groups in total. The standard InChI is InChI=1S/C8H15BO2/c1-8(2)10-6-4-3-5(9)7(6)11-8/h5-7H,3-4,9H2,1-2H3. The molecule has 11 heavy (non-hydrogen) atoms. The highest BCUT2D eigenvalue weighted by molar-refractivity contribution is 6.12. The zero-order chi connectivity index (χ0) is 8.06. The van der Waals surface area contributed by atoms with E-state index in [-0.39, 0.29) is 5.79 Å². The molecule has 1 aliphatic carbocycles. The predicted molar refractivity (Wildman–Crippen MR) is 45.4 cm³/mol. The topological polar surface area (TPSA) is 18.5 Å². The second-order valence-electron chi connectivity index (χ2n) is 4.19. The fraction of sp³-hybridized carbons (Fsp3) is 1.00. The van der Waals surface area contributed by atoms with Crippen molar-refractivity contribution in [3.05, 3.63) is 0 Å². The van der Waals surface area contributed by atoms with Crippen molar-refractivity contribution >= 4 is 7.85 Å². The van der Waals surface area contributed by atoms with Gasteiger partial charge in [0.25, 0.3) is 0 Å². The third kappa shape index (κ3) is 1.21.